The predicted octanol–water partition coefficient (Wildman–Crippen LogP) is 6.85. The number of amides is 1. The van der Waals surface area contributed by atoms with Crippen molar-refractivity contribution in [3.8, 4) is 16.4 Å². The zero-order chi connectivity index (χ0) is 27.6. The summed E-state index contributed by atoms with van der Waals surface area (Å²) in [4.78, 5) is 31.1. The molecule has 1 amide bonds. The standard InChI is InChI=1S/C31H24ClN5O2S/c1-2-21-17-23(28(38)22-13-7-8-14-24(22)32)31(40-21)37-27(35-36-29(37)19-10-4-3-5-11-19)18-33-30(39)26-16-20-12-6-9-15-25(20)34-26/h3-17,34H,2,18H2,1H3,(H,33,39). The van der Waals surface area contributed by atoms with Gasteiger partial charge in [0.25, 0.3) is 5.91 Å². The van der Waals surface area contributed by atoms with Gasteiger partial charge < -0.3 is 10.3 Å². The Hall–Kier alpha value is -4.53. The number of hydrogen-bond donors (Lipinski definition) is 2. The summed E-state index contributed by atoms with van der Waals surface area (Å²) in [5.74, 6) is 0.631. The van der Waals surface area contributed by atoms with Gasteiger partial charge >= 0.3 is 0 Å². The van der Waals surface area contributed by atoms with Crippen molar-refractivity contribution in [3.63, 3.8) is 0 Å². The van der Waals surface area contributed by atoms with Crippen LogP contribution in [0.1, 0.15) is 44.0 Å². The maximum absolute atomic E-state index is 13.8. The number of fused-ring (bicyclic) bond motifs is 1. The third-order valence-electron chi connectivity index (χ3n) is 6.62. The number of hydrogen-bond acceptors (Lipinski definition) is 5. The first kappa shape index (κ1) is 25.7. The van der Waals surface area contributed by atoms with E-state index >= 15 is 0 Å². The molecule has 0 fully saturated rings. The molecule has 0 aliphatic heterocycles. The average molecular weight is 566 g/mol. The molecule has 0 bridgehead atoms. The van der Waals surface area contributed by atoms with Gasteiger partial charge in [0.1, 0.15) is 10.7 Å². The molecule has 40 heavy (non-hydrogen) atoms. The number of halogens is 1. The van der Waals surface area contributed by atoms with Crippen molar-refractivity contribution in [2.75, 3.05) is 0 Å². The zero-order valence-corrected chi connectivity index (χ0v) is 23.1. The quantitative estimate of drug-likeness (QED) is 0.197. The van der Waals surface area contributed by atoms with Crippen molar-refractivity contribution in [1.82, 2.24) is 25.1 Å². The topological polar surface area (TPSA) is 92.7 Å². The smallest absolute Gasteiger partial charge is 0.268 e. The Morgan fingerprint density at radius 1 is 0.925 bits per heavy atom. The van der Waals surface area contributed by atoms with Gasteiger partial charge in [-0.15, -0.1) is 21.5 Å². The van der Waals surface area contributed by atoms with Gasteiger partial charge in [-0.05, 0) is 36.8 Å². The lowest BCUT2D eigenvalue weighted by molar-refractivity contribution is 0.0944. The number of rotatable bonds is 8. The molecule has 6 rings (SSSR count). The summed E-state index contributed by atoms with van der Waals surface area (Å²) < 4.78 is 1.87. The number of thiophene rings is 1. The van der Waals surface area contributed by atoms with Crippen LogP contribution in [0.25, 0.3) is 27.3 Å². The van der Waals surface area contributed by atoms with Gasteiger partial charge in [0.15, 0.2) is 17.4 Å². The molecule has 6 aromatic rings. The molecule has 9 heteroatoms. The van der Waals surface area contributed by atoms with Crippen LogP contribution in [0.4, 0.5) is 0 Å². The van der Waals surface area contributed by atoms with Crippen LogP contribution in [0.15, 0.2) is 91.0 Å². The second kappa shape index (κ2) is 10.9. The van der Waals surface area contributed by atoms with Gasteiger partial charge in [0.05, 0.1) is 17.1 Å². The number of nitrogens with one attached hydrogen (secondary N) is 2. The van der Waals surface area contributed by atoms with E-state index in [-0.39, 0.29) is 18.2 Å². The van der Waals surface area contributed by atoms with Crippen LogP contribution in [-0.2, 0) is 13.0 Å². The minimum absolute atomic E-state index is 0.104. The largest absolute Gasteiger partial charge is 0.351 e. The third kappa shape index (κ3) is 4.83. The van der Waals surface area contributed by atoms with Gasteiger partial charge in [-0.1, -0.05) is 79.2 Å². The van der Waals surface area contributed by atoms with Crippen molar-refractivity contribution in [1.29, 1.82) is 0 Å². The number of aromatic amines is 1. The van der Waals surface area contributed by atoms with E-state index in [1.165, 1.54) is 11.3 Å². The molecule has 3 heterocycles. The van der Waals surface area contributed by atoms with E-state index in [9.17, 15) is 9.59 Å². The predicted molar refractivity (Wildman–Crippen MR) is 158 cm³/mol. The van der Waals surface area contributed by atoms with E-state index in [4.69, 9.17) is 11.6 Å². The van der Waals surface area contributed by atoms with E-state index in [1.54, 1.807) is 24.3 Å². The number of nitrogens with zero attached hydrogens (tertiary/aromatic N) is 3. The van der Waals surface area contributed by atoms with Gasteiger partial charge in [0, 0.05) is 26.9 Å². The molecule has 2 N–H and O–H groups in total. The van der Waals surface area contributed by atoms with Crippen molar-refractivity contribution in [2.45, 2.75) is 19.9 Å². The number of benzene rings is 3. The first-order chi connectivity index (χ1) is 19.5. The SMILES string of the molecule is CCc1cc(C(=O)c2ccccc2Cl)c(-n2c(CNC(=O)c3cc4ccccc4[nH]3)nnc2-c2ccccc2)s1. The molecule has 7 nitrogen and oxygen atoms in total. The van der Waals surface area contributed by atoms with Gasteiger partial charge in [-0.25, -0.2) is 0 Å². The lowest BCUT2D eigenvalue weighted by Gasteiger charge is -2.12. The fourth-order valence-electron chi connectivity index (χ4n) is 4.59. The molecular formula is C31H24ClN5O2S. The van der Waals surface area contributed by atoms with Crippen LogP contribution in [0, 0.1) is 0 Å². The van der Waals surface area contributed by atoms with Crippen LogP contribution in [0.5, 0.6) is 0 Å². The van der Waals surface area contributed by atoms with Crippen LogP contribution in [0.2, 0.25) is 5.02 Å². The molecular weight excluding hydrogens is 542 g/mol. The van der Waals surface area contributed by atoms with Crippen LogP contribution < -0.4 is 5.32 Å². The maximum Gasteiger partial charge on any atom is 0.268 e. The summed E-state index contributed by atoms with van der Waals surface area (Å²) in [6.07, 6.45) is 0.753. The van der Waals surface area contributed by atoms with E-state index in [0.29, 0.717) is 38.5 Å². The summed E-state index contributed by atoms with van der Waals surface area (Å²) in [5, 5.41) is 13.9. The van der Waals surface area contributed by atoms with Crippen LogP contribution >= 0.6 is 22.9 Å². The fourth-order valence-corrected chi connectivity index (χ4v) is 5.93. The number of para-hydroxylation sites is 1. The zero-order valence-electron chi connectivity index (χ0n) is 21.5. The second-order valence-corrected chi connectivity index (χ2v) is 10.7. The lowest BCUT2D eigenvalue weighted by atomic mass is 10.0. The van der Waals surface area contributed by atoms with Gasteiger partial charge in [0.2, 0.25) is 0 Å². The van der Waals surface area contributed by atoms with Crippen LogP contribution in [0.3, 0.4) is 0 Å². The number of aromatic nitrogens is 4. The monoisotopic (exact) mass is 565 g/mol. The normalized spacial score (nSPS) is 11.2. The highest BCUT2D eigenvalue weighted by atomic mass is 35.5. The Balaban J connectivity index is 1.42. The molecule has 3 aromatic carbocycles. The summed E-state index contributed by atoms with van der Waals surface area (Å²) in [7, 11) is 0. The Labute approximate surface area is 239 Å². The summed E-state index contributed by atoms with van der Waals surface area (Å²) in [6.45, 7) is 2.15. The third-order valence-corrected chi connectivity index (χ3v) is 8.22. The number of carbonyl (C=O) groups excluding carboxylic acids is 2. The number of ketones is 1. The van der Waals surface area contributed by atoms with Crippen molar-refractivity contribution >= 4 is 45.5 Å². The Morgan fingerprint density at radius 2 is 1.68 bits per heavy atom. The second-order valence-electron chi connectivity index (χ2n) is 9.19. The first-order valence-corrected chi connectivity index (χ1v) is 14.0. The van der Waals surface area contributed by atoms with E-state index < -0.39 is 0 Å². The molecule has 0 atom stereocenters. The first-order valence-electron chi connectivity index (χ1n) is 12.8. The molecule has 198 valence electrons. The van der Waals surface area contributed by atoms with E-state index in [1.807, 2.05) is 78.2 Å². The van der Waals surface area contributed by atoms with Crippen molar-refractivity contribution < 1.29 is 9.59 Å². The highest BCUT2D eigenvalue weighted by molar-refractivity contribution is 7.15. The number of H-pyrrole nitrogens is 1. The van der Waals surface area contributed by atoms with Crippen LogP contribution in [-0.4, -0.2) is 31.4 Å². The summed E-state index contributed by atoms with van der Waals surface area (Å²) in [5.41, 5.74) is 3.11. The summed E-state index contributed by atoms with van der Waals surface area (Å²) >= 11 is 7.92. The molecule has 3 aromatic heterocycles. The highest BCUT2D eigenvalue weighted by Gasteiger charge is 2.25. The Morgan fingerprint density at radius 3 is 2.45 bits per heavy atom. The minimum Gasteiger partial charge on any atom is -0.351 e. The number of carbonyl (C=O) groups is 2. The molecule has 0 saturated heterocycles. The molecule has 0 unspecified atom stereocenters. The molecule has 0 aliphatic rings. The molecule has 0 aliphatic carbocycles. The summed E-state index contributed by atoms with van der Waals surface area (Å²) in [6, 6.07) is 28.1. The lowest BCUT2D eigenvalue weighted by Crippen LogP contribution is -2.25. The van der Waals surface area contributed by atoms with Gasteiger partial charge in [-0.2, -0.15) is 0 Å². The van der Waals surface area contributed by atoms with Crippen molar-refractivity contribution in [2.24, 2.45) is 0 Å². The van der Waals surface area contributed by atoms with Crippen molar-refractivity contribution in [3.05, 3.63) is 124 Å². The molecule has 0 radical (unpaired) electrons. The highest BCUT2D eigenvalue weighted by Crippen LogP contribution is 2.34. The fraction of sp³-hybridized carbons (Fsp3) is 0.0968. The van der Waals surface area contributed by atoms with Gasteiger partial charge in [-0.3, -0.25) is 14.2 Å². The molecule has 0 saturated carbocycles. The average Bonchev–Trinajstić information content (AvgIpc) is 3.72. The van der Waals surface area contributed by atoms with E-state index in [2.05, 4.69) is 20.5 Å². The Kier molecular flexibility index (Phi) is 7.02. The molecule has 0 spiro atoms. The van der Waals surface area contributed by atoms with E-state index in [0.717, 1.165) is 27.8 Å². The minimum atomic E-state index is -0.264. The maximum atomic E-state index is 13.8. The Bertz CT molecular complexity index is 1820. The number of aryl methyl sites for hydroxylation is 1.